The van der Waals surface area contributed by atoms with Gasteiger partial charge in [0.2, 0.25) is 0 Å². The molecule has 0 aliphatic carbocycles. The lowest BCUT2D eigenvalue weighted by Crippen LogP contribution is -1.98. The van der Waals surface area contributed by atoms with Crippen LogP contribution in [-0.2, 0) is 9.68 Å². The van der Waals surface area contributed by atoms with Crippen LogP contribution in [-0.4, -0.2) is 46.1 Å². The zero-order valence-electron chi connectivity index (χ0n) is 12.5. The summed E-state index contributed by atoms with van der Waals surface area (Å²) in [6.07, 6.45) is 2.51. The lowest BCUT2D eigenvalue weighted by molar-refractivity contribution is 0.0553. The van der Waals surface area contributed by atoms with Crippen LogP contribution in [0.3, 0.4) is 0 Å². The Bertz CT molecular complexity index is 682. The molecule has 8 heteroatoms. The zero-order chi connectivity index (χ0) is 17.4. The number of benzene rings is 2. The number of oxime groups is 2. The summed E-state index contributed by atoms with van der Waals surface area (Å²) < 4.78 is 0. The van der Waals surface area contributed by atoms with Crippen molar-refractivity contribution >= 4 is 12.4 Å². The van der Waals surface area contributed by atoms with Crippen molar-refractivity contribution in [2.45, 2.75) is 0 Å². The van der Waals surface area contributed by atoms with Gasteiger partial charge in [0.1, 0.15) is 23.0 Å². The van der Waals surface area contributed by atoms with Crippen LogP contribution in [0.15, 0.2) is 46.7 Å². The molecule has 0 spiro atoms. The van der Waals surface area contributed by atoms with Gasteiger partial charge in [-0.15, -0.1) is 0 Å². The van der Waals surface area contributed by atoms with Crippen LogP contribution in [0.5, 0.6) is 23.0 Å². The second-order valence-corrected chi connectivity index (χ2v) is 4.62. The quantitative estimate of drug-likeness (QED) is 0.266. The standard InChI is InChI=1S/C16H16N2O6/c19-13-1-3-15(21)11(7-13)9-17-23-5-6-24-18-10-12-8-14(20)2-4-16(12)22/h1-4,7-10,19-22H,5-6H2/b17-9+,18-10+. The van der Waals surface area contributed by atoms with E-state index in [1.165, 1.54) is 48.8 Å². The molecule has 126 valence electrons. The van der Waals surface area contributed by atoms with Crippen LogP contribution in [0, 0.1) is 0 Å². The SMILES string of the molecule is Oc1ccc(O)c(/C=N/OCCO/N=C/c2cc(O)ccc2O)c1. The van der Waals surface area contributed by atoms with Crippen LogP contribution in [0.4, 0.5) is 0 Å². The fraction of sp³-hybridized carbons (Fsp3) is 0.125. The van der Waals surface area contributed by atoms with Crippen molar-refractivity contribution < 1.29 is 30.1 Å². The highest BCUT2D eigenvalue weighted by atomic mass is 16.7. The average molecular weight is 332 g/mol. The van der Waals surface area contributed by atoms with Gasteiger partial charge in [0.05, 0.1) is 12.4 Å². The van der Waals surface area contributed by atoms with E-state index in [2.05, 4.69) is 10.3 Å². The Morgan fingerprint density at radius 3 is 1.54 bits per heavy atom. The lowest BCUT2D eigenvalue weighted by Gasteiger charge is -2.01. The van der Waals surface area contributed by atoms with Crippen molar-refractivity contribution in [2.24, 2.45) is 10.3 Å². The van der Waals surface area contributed by atoms with Gasteiger partial charge in [0, 0.05) is 11.1 Å². The van der Waals surface area contributed by atoms with Crippen molar-refractivity contribution in [3.63, 3.8) is 0 Å². The molecule has 0 unspecified atom stereocenters. The first-order valence-corrected chi connectivity index (χ1v) is 6.91. The Balaban J connectivity index is 1.71. The number of hydrogen-bond acceptors (Lipinski definition) is 8. The second kappa shape index (κ2) is 8.28. The summed E-state index contributed by atoms with van der Waals surface area (Å²) in [5.74, 6) is -0.0666. The third-order valence-electron chi connectivity index (χ3n) is 2.82. The topological polar surface area (TPSA) is 124 Å². The van der Waals surface area contributed by atoms with Crippen molar-refractivity contribution in [1.82, 2.24) is 0 Å². The Kier molecular flexibility index (Phi) is 5.84. The molecular formula is C16H16N2O6. The minimum atomic E-state index is -0.0353. The van der Waals surface area contributed by atoms with Crippen LogP contribution in [0.25, 0.3) is 0 Å². The maximum Gasteiger partial charge on any atom is 0.153 e. The van der Waals surface area contributed by atoms with Gasteiger partial charge in [-0.25, -0.2) is 0 Å². The van der Waals surface area contributed by atoms with E-state index in [1.807, 2.05) is 0 Å². The zero-order valence-corrected chi connectivity index (χ0v) is 12.5. The van der Waals surface area contributed by atoms with E-state index in [0.717, 1.165) is 0 Å². The first kappa shape index (κ1) is 16.9. The van der Waals surface area contributed by atoms with Gasteiger partial charge in [-0.1, -0.05) is 10.3 Å². The van der Waals surface area contributed by atoms with Gasteiger partial charge in [0.15, 0.2) is 13.2 Å². The van der Waals surface area contributed by atoms with Gasteiger partial charge in [-0.05, 0) is 36.4 Å². The average Bonchev–Trinajstić information content (AvgIpc) is 2.56. The van der Waals surface area contributed by atoms with Crippen molar-refractivity contribution in [1.29, 1.82) is 0 Å². The van der Waals surface area contributed by atoms with E-state index in [-0.39, 0.29) is 36.2 Å². The molecule has 0 saturated heterocycles. The molecule has 2 aromatic carbocycles. The molecule has 4 N–H and O–H groups in total. The van der Waals surface area contributed by atoms with Crippen LogP contribution in [0.2, 0.25) is 0 Å². The maximum atomic E-state index is 9.52. The number of hydrogen-bond donors (Lipinski definition) is 4. The minimum Gasteiger partial charge on any atom is -0.508 e. The van der Waals surface area contributed by atoms with E-state index in [4.69, 9.17) is 9.68 Å². The molecule has 24 heavy (non-hydrogen) atoms. The highest BCUT2D eigenvalue weighted by Gasteiger charge is 2.00. The molecule has 0 heterocycles. The predicted molar refractivity (Wildman–Crippen MR) is 86.6 cm³/mol. The summed E-state index contributed by atoms with van der Waals surface area (Å²) in [7, 11) is 0. The number of aromatic hydroxyl groups is 4. The number of rotatable bonds is 7. The molecule has 0 aliphatic heterocycles. The van der Waals surface area contributed by atoms with Crippen molar-refractivity contribution in [3.8, 4) is 23.0 Å². The fourth-order valence-electron chi connectivity index (χ4n) is 1.66. The minimum absolute atomic E-state index is 0.00196. The summed E-state index contributed by atoms with van der Waals surface area (Å²) in [5, 5.41) is 44.9. The Hall–Kier alpha value is -3.42. The van der Waals surface area contributed by atoms with Crippen LogP contribution in [0.1, 0.15) is 11.1 Å². The molecule has 0 bridgehead atoms. The fourth-order valence-corrected chi connectivity index (χ4v) is 1.66. The van der Waals surface area contributed by atoms with E-state index in [0.29, 0.717) is 11.1 Å². The largest absolute Gasteiger partial charge is 0.508 e. The predicted octanol–water partition coefficient (Wildman–Crippen LogP) is 1.91. The first-order valence-electron chi connectivity index (χ1n) is 6.91. The van der Waals surface area contributed by atoms with Gasteiger partial charge < -0.3 is 30.1 Å². The first-order chi connectivity index (χ1) is 11.6. The molecule has 0 saturated carbocycles. The highest BCUT2D eigenvalue weighted by molar-refractivity contribution is 5.84. The van der Waals surface area contributed by atoms with Crippen LogP contribution >= 0.6 is 0 Å². The molecule has 0 aliphatic rings. The molecule has 2 aromatic rings. The molecule has 0 amide bonds. The van der Waals surface area contributed by atoms with Gasteiger partial charge in [-0.3, -0.25) is 0 Å². The Morgan fingerprint density at radius 1 is 0.708 bits per heavy atom. The molecule has 2 rings (SSSR count). The van der Waals surface area contributed by atoms with Crippen molar-refractivity contribution in [2.75, 3.05) is 13.2 Å². The summed E-state index contributed by atoms with van der Waals surface area (Å²) in [6.45, 7) is 0.193. The summed E-state index contributed by atoms with van der Waals surface area (Å²) in [5.41, 5.74) is 0.626. The van der Waals surface area contributed by atoms with E-state index < -0.39 is 0 Å². The smallest absolute Gasteiger partial charge is 0.153 e. The summed E-state index contributed by atoms with van der Waals surface area (Å²) >= 11 is 0. The molecule has 0 radical (unpaired) electrons. The molecule has 0 aromatic heterocycles. The monoisotopic (exact) mass is 332 g/mol. The third-order valence-corrected chi connectivity index (χ3v) is 2.82. The third kappa shape index (κ3) is 5.09. The lowest BCUT2D eigenvalue weighted by atomic mass is 10.2. The van der Waals surface area contributed by atoms with Crippen LogP contribution < -0.4 is 0 Å². The van der Waals surface area contributed by atoms with E-state index in [9.17, 15) is 20.4 Å². The maximum absolute atomic E-state index is 9.52. The molecule has 0 fully saturated rings. The van der Waals surface area contributed by atoms with Gasteiger partial charge >= 0.3 is 0 Å². The second-order valence-electron chi connectivity index (χ2n) is 4.62. The Morgan fingerprint density at radius 2 is 1.12 bits per heavy atom. The summed E-state index contributed by atoms with van der Waals surface area (Å²) in [6, 6.07) is 8.05. The van der Waals surface area contributed by atoms with E-state index >= 15 is 0 Å². The molecular weight excluding hydrogens is 316 g/mol. The van der Waals surface area contributed by atoms with E-state index in [1.54, 1.807) is 0 Å². The molecule has 8 nitrogen and oxygen atoms in total. The Labute approximate surface area is 137 Å². The normalized spacial score (nSPS) is 11.2. The highest BCUT2D eigenvalue weighted by Crippen LogP contribution is 2.20. The number of nitrogens with zero attached hydrogens (tertiary/aromatic N) is 2. The number of phenols is 4. The van der Waals surface area contributed by atoms with Gasteiger partial charge in [-0.2, -0.15) is 0 Å². The van der Waals surface area contributed by atoms with Crippen molar-refractivity contribution in [3.05, 3.63) is 47.5 Å². The molecule has 0 atom stereocenters. The van der Waals surface area contributed by atoms with Gasteiger partial charge in [0.25, 0.3) is 0 Å². The summed E-state index contributed by atoms with van der Waals surface area (Å²) in [4.78, 5) is 9.83. The number of phenolic OH excluding ortho intramolecular Hbond substituents is 4.